The lowest BCUT2D eigenvalue weighted by atomic mass is 9.93. The highest BCUT2D eigenvalue weighted by atomic mass is 32.2. The van der Waals surface area contributed by atoms with Gasteiger partial charge in [-0.3, -0.25) is 0 Å². The minimum absolute atomic E-state index is 0.0952. The average molecular weight is 371 g/mol. The molecule has 0 saturated heterocycles. The summed E-state index contributed by atoms with van der Waals surface area (Å²) in [6.07, 6.45) is 2.44. The molecule has 26 heavy (non-hydrogen) atoms. The van der Waals surface area contributed by atoms with E-state index in [1.54, 1.807) is 16.4 Å². The van der Waals surface area contributed by atoms with Crippen molar-refractivity contribution in [2.75, 3.05) is 19.9 Å². The maximum Gasteiger partial charge on any atom is 0.243 e. The number of rotatable bonds is 3. The zero-order valence-corrected chi connectivity index (χ0v) is 15.5. The van der Waals surface area contributed by atoms with E-state index in [-0.39, 0.29) is 12.7 Å². The maximum atomic E-state index is 13.1. The molecule has 0 radical (unpaired) electrons. The van der Waals surface area contributed by atoms with Crippen LogP contribution in [0.5, 0.6) is 11.5 Å². The lowest BCUT2D eigenvalue weighted by Crippen LogP contribution is -2.34. The van der Waals surface area contributed by atoms with Crippen molar-refractivity contribution in [3.63, 3.8) is 0 Å². The molecule has 0 N–H and O–H groups in total. The number of benzene rings is 2. The molecule has 0 fully saturated rings. The first-order valence-electron chi connectivity index (χ1n) is 8.61. The highest BCUT2D eigenvalue weighted by Crippen LogP contribution is 2.39. The van der Waals surface area contributed by atoms with Gasteiger partial charge >= 0.3 is 0 Å². The molecule has 2 heterocycles. The van der Waals surface area contributed by atoms with Crippen molar-refractivity contribution in [3.05, 3.63) is 65.7 Å². The van der Waals surface area contributed by atoms with E-state index in [1.165, 1.54) is 0 Å². The molecule has 136 valence electrons. The van der Waals surface area contributed by atoms with Gasteiger partial charge in [0.25, 0.3) is 0 Å². The van der Waals surface area contributed by atoms with E-state index in [2.05, 4.69) is 6.58 Å². The fourth-order valence-electron chi connectivity index (χ4n) is 3.49. The van der Waals surface area contributed by atoms with Crippen molar-refractivity contribution in [1.29, 1.82) is 0 Å². The summed E-state index contributed by atoms with van der Waals surface area (Å²) in [5, 5.41) is 0. The van der Waals surface area contributed by atoms with Gasteiger partial charge in [-0.1, -0.05) is 23.8 Å². The minimum atomic E-state index is -3.55. The van der Waals surface area contributed by atoms with Crippen LogP contribution in [0.1, 0.15) is 22.6 Å². The monoisotopic (exact) mass is 371 g/mol. The molecule has 0 aromatic heterocycles. The van der Waals surface area contributed by atoms with Crippen LogP contribution < -0.4 is 9.47 Å². The smallest absolute Gasteiger partial charge is 0.243 e. The summed E-state index contributed by atoms with van der Waals surface area (Å²) in [7, 11) is -3.55. The first-order valence-corrected chi connectivity index (χ1v) is 10.0. The average Bonchev–Trinajstić information content (AvgIpc) is 3.00. The van der Waals surface area contributed by atoms with Crippen molar-refractivity contribution < 1.29 is 17.9 Å². The van der Waals surface area contributed by atoms with Crippen molar-refractivity contribution in [3.8, 4) is 11.5 Å². The van der Waals surface area contributed by atoms with E-state index in [1.807, 2.05) is 37.3 Å². The van der Waals surface area contributed by atoms with Gasteiger partial charge in [-0.2, -0.15) is 4.31 Å². The maximum absolute atomic E-state index is 13.1. The molecule has 0 spiro atoms. The summed E-state index contributed by atoms with van der Waals surface area (Å²) in [4.78, 5) is 0.325. The van der Waals surface area contributed by atoms with Crippen LogP contribution in [-0.4, -0.2) is 32.6 Å². The first kappa shape index (κ1) is 17.1. The van der Waals surface area contributed by atoms with E-state index in [9.17, 15) is 8.42 Å². The van der Waals surface area contributed by atoms with Crippen LogP contribution in [0.2, 0.25) is 0 Å². The van der Waals surface area contributed by atoms with Gasteiger partial charge in [0.1, 0.15) is 0 Å². The number of ether oxygens (including phenoxy) is 2. The number of aryl methyl sites for hydroxylation is 1. The zero-order valence-electron chi connectivity index (χ0n) is 14.6. The predicted octanol–water partition coefficient (Wildman–Crippen LogP) is 3.24. The van der Waals surface area contributed by atoms with Gasteiger partial charge in [-0.15, -0.1) is 6.58 Å². The minimum Gasteiger partial charge on any atom is -0.454 e. The number of fused-ring (bicyclic) bond motifs is 2. The van der Waals surface area contributed by atoms with Crippen LogP contribution in [0.4, 0.5) is 0 Å². The van der Waals surface area contributed by atoms with Gasteiger partial charge in [0.2, 0.25) is 16.8 Å². The lowest BCUT2D eigenvalue weighted by Gasteiger charge is -2.23. The van der Waals surface area contributed by atoms with Crippen LogP contribution >= 0.6 is 0 Å². The van der Waals surface area contributed by atoms with E-state index < -0.39 is 10.0 Å². The third-order valence-corrected chi connectivity index (χ3v) is 6.89. The molecule has 0 bridgehead atoms. The Balaban J connectivity index is 1.69. The second-order valence-corrected chi connectivity index (χ2v) is 8.61. The number of nitrogens with zero attached hydrogens (tertiary/aromatic N) is 1. The first-order chi connectivity index (χ1) is 12.5. The van der Waals surface area contributed by atoms with Crippen LogP contribution in [0, 0.1) is 6.92 Å². The Kier molecular flexibility index (Phi) is 4.25. The molecule has 1 atom stereocenters. The Morgan fingerprint density at radius 2 is 1.85 bits per heavy atom. The summed E-state index contributed by atoms with van der Waals surface area (Å²) in [6.45, 7) is 6.88. The molecule has 0 saturated carbocycles. The normalized spacial score (nSPS) is 19.7. The second kappa shape index (κ2) is 6.45. The second-order valence-electron chi connectivity index (χ2n) is 6.67. The fourth-order valence-corrected chi connectivity index (χ4v) is 4.96. The van der Waals surface area contributed by atoms with Crippen LogP contribution in [-0.2, 0) is 16.4 Å². The summed E-state index contributed by atoms with van der Waals surface area (Å²) in [5.74, 6) is 1.34. The van der Waals surface area contributed by atoms with Gasteiger partial charge < -0.3 is 9.47 Å². The largest absolute Gasteiger partial charge is 0.454 e. The number of hydrogen-bond acceptors (Lipinski definition) is 4. The highest BCUT2D eigenvalue weighted by Gasteiger charge is 2.31. The van der Waals surface area contributed by atoms with E-state index in [0.717, 1.165) is 22.4 Å². The Hall–Kier alpha value is -2.31. The van der Waals surface area contributed by atoms with Gasteiger partial charge in [-0.25, -0.2) is 8.42 Å². The molecule has 6 heteroatoms. The molecule has 0 aliphatic carbocycles. The number of sulfonamides is 1. The molecule has 4 rings (SSSR count). The van der Waals surface area contributed by atoms with Gasteiger partial charge in [0.05, 0.1) is 4.90 Å². The van der Waals surface area contributed by atoms with Crippen molar-refractivity contribution in [2.45, 2.75) is 24.2 Å². The van der Waals surface area contributed by atoms with Crippen LogP contribution in [0.25, 0.3) is 0 Å². The Morgan fingerprint density at radius 1 is 1.15 bits per heavy atom. The van der Waals surface area contributed by atoms with E-state index in [0.29, 0.717) is 30.2 Å². The standard InChI is InChI=1S/C20H21NO4S/c1-3-15-12-21(26(22,23)17-6-4-14(2)5-7-17)9-8-16-10-19-20(11-18(15)16)25-13-24-19/h3-7,10-11,15H,1,8-9,12-13H2,2H3/t15-/m1/s1. The van der Waals surface area contributed by atoms with Crippen molar-refractivity contribution in [1.82, 2.24) is 4.31 Å². The quantitative estimate of drug-likeness (QED) is 0.778. The lowest BCUT2D eigenvalue weighted by molar-refractivity contribution is 0.174. The molecule has 0 unspecified atom stereocenters. The summed E-state index contributed by atoms with van der Waals surface area (Å²) >= 11 is 0. The third kappa shape index (κ3) is 2.89. The van der Waals surface area contributed by atoms with Crippen LogP contribution in [0.15, 0.2) is 53.9 Å². The molecule has 2 aliphatic heterocycles. The van der Waals surface area contributed by atoms with Crippen molar-refractivity contribution >= 4 is 10.0 Å². The van der Waals surface area contributed by atoms with Gasteiger partial charge in [0.15, 0.2) is 11.5 Å². The molecule has 5 nitrogen and oxygen atoms in total. The third-order valence-electron chi connectivity index (χ3n) is 5.01. The zero-order chi connectivity index (χ0) is 18.3. The fraction of sp³-hybridized carbons (Fsp3) is 0.300. The molecule has 2 aliphatic rings. The topological polar surface area (TPSA) is 55.8 Å². The molecular formula is C20H21NO4S. The summed E-state index contributed by atoms with van der Waals surface area (Å²) in [6, 6.07) is 10.9. The molecule has 2 aromatic rings. The van der Waals surface area contributed by atoms with Gasteiger partial charge in [-0.05, 0) is 48.7 Å². The molecule has 0 amide bonds. The van der Waals surface area contributed by atoms with Gasteiger partial charge in [0, 0.05) is 19.0 Å². The Labute approximate surface area is 153 Å². The summed E-state index contributed by atoms with van der Waals surface area (Å²) < 4.78 is 38.7. The Morgan fingerprint density at radius 3 is 2.54 bits per heavy atom. The number of hydrogen-bond donors (Lipinski definition) is 0. The highest BCUT2D eigenvalue weighted by molar-refractivity contribution is 7.89. The van der Waals surface area contributed by atoms with E-state index >= 15 is 0 Å². The molecule has 2 aromatic carbocycles. The molecular weight excluding hydrogens is 350 g/mol. The van der Waals surface area contributed by atoms with Crippen LogP contribution in [0.3, 0.4) is 0 Å². The van der Waals surface area contributed by atoms with Crippen molar-refractivity contribution in [2.24, 2.45) is 0 Å². The van der Waals surface area contributed by atoms with E-state index in [4.69, 9.17) is 9.47 Å². The SMILES string of the molecule is C=C[C@@H]1CN(S(=O)(=O)c2ccc(C)cc2)CCc2cc3c(cc21)OCO3. The Bertz CT molecular complexity index is 951. The summed E-state index contributed by atoms with van der Waals surface area (Å²) in [5.41, 5.74) is 3.18. The predicted molar refractivity (Wildman–Crippen MR) is 99.1 cm³/mol.